The first-order valence-electron chi connectivity index (χ1n) is 8.19. The van der Waals surface area contributed by atoms with Gasteiger partial charge in [-0.2, -0.15) is 0 Å². The van der Waals surface area contributed by atoms with Crippen molar-refractivity contribution in [2.24, 2.45) is 0 Å². The van der Waals surface area contributed by atoms with Crippen LogP contribution in [0.25, 0.3) is 5.65 Å². The van der Waals surface area contributed by atoms with Crippen LogP contribution in [0, 0.1) is 12.7 Å². The van der Waals surface area contributed by atoms with Crippen molar-refractivity contribution in [1.82, 2.24) is 9.38 Å². The van der Waals surface area contributed by atoms with Crippen LogP contribution >= 0.6 is 0 Å². The lowest BCUT2D eigenvalue weighted by Crippen LogP contribution is -2.32. The highest BCUT2D eigenvalue weighted by atomic mass is 19.1. The molecule has 3 rings (SSSR count). The Balaban J connectivity index is 1.70. The lowest BCUT2D eigenvalue weighted by Gasteiger charge is -2.15. The van der Waals surface area contributed by atoms with Gasteiger partial charge in [-0.25, -0.2) is 14.2 Å². The Bertz CT molecular complexity index is 950. The number of carbonyl (C=O) groups excluding carboxylic acids is 2. The number of anilines is 1. The maximum atomic E-state index is 12.9. The zero-order valence-electron chi connectivity index (χ0n) is 14.4. The van der Waals surface area contributed by atoms with E-state index in [9.17, 15) is 14.0 Å². The summed E-state index contributed by atoms with van der Waals surface area (Å²) < 4.78 is 19.9. The summed E-state index contributed by atoms with van der Waals surface area (Å²) in [5, 5.41) is 2.60. The van der Waals surface area contributed by atoms with E-state index in [4.69, 9.17) is 4.74 Å². The molecule has 0 spiro atoms. The van der Waals surface area contributed by atoms with Crippen molar-refractivity contribution in [3.8, 4) is 0 Å². The fourth-order valence-electron chi connectivity index (χ4n) is 2.45. The molecule has 6 nitrogen and oxygen atoms in total. The lowest BCUT2D eigenvalue weighted by atomic mass is 10.2. The van der Waals surface area contributed by atoms with E-state index in [0.29, 0.717) is 17.8 Å². The second-order valence-electron chi connectivity index (χ2n) is 5.89. The summed E-state index contributed by atoms with van der Waals surface area (Å²) in [7, 11) is 0. The number of nitrogens with one attached hydrogen (secondary N) is 1. The van der Waals surface area contributed by atoms with Gasteiger partial charge < -0.3 is 14.5 Å². The third-order valence-electron chi connectivity index (χ3n) is 3.85. The Kier molecular flexibility index (Phi) is 4.97. The Morgan fingerprint density at radius 2 is 2.00 bits per heavy atom. The van der Waals surface area contributed by atoms with Crippen LogP contribution in [0.1, 0.15) is 29.4 Å². The molecule has 0 aliphatic rings. The van der Waals surface area contributed by atoms with Crippen LogP contribution in [-0.4, -0.2) is 27.4 Å². The van der Waals surface area contributed by atoms with E-state index in [-0.39, 0.29) is 5.69 Å². The number of nitrogens with zero attached hydrogens (tertiary/aromatic N) is 2. The molecule has 1 atom stereocenters. The van der Waals surface area contributed by atoms with Crippen molar-refractivity contribution < 1.29 is 18.7 Å². The van der Waals surface area contributed by atoms with E-state index in [2.05, 4.69) is 10.3 Å². The summed E-state index contributed by atoms with van der Waals surface area (Å²) in [5.74, 6) is -1.55. The molecule has 0 fully saturated rings. The molecule has 7 heteroatoms. The van der Waals surface area contributed by atoms with E-state index < -0.39 is 23.8 Å². The second kappa shape index (κ2) is 7.35. The normalized spacial score (nSPS) is 12.0. The number of aryl methyl sites for hydroxylation is 1. The van der Waals surface area contributed by atoms with E-state index in [1.807, 2.05) is 19.1 Å². The topological polar surface area (TPSA) is 72.7 Å². The Morgan fingerprint density at radius 1 is 1.27 bits per heavy atom. The molecule has 134 valence electrons. The first-order valence-corrected chi connectivity index (χ1v) is 8.19. The number of imidazole rings is 1. The molecule has 0 saturated carbocycles. The Labute approximate surface area is 149 Å². The van der Waals surface area contributed by atoms with E-state index in [1.165, 1.54) is 24.3 Å². The number of carbonyl (C=O) groups is 2. The predicted octanol–water partition coefficient (Wildman–Crippen LogP) is 3.36. The maximum Gasteiger partial charge on any atom is 0.359 e. The number of rotatable bonds is 5. The summed E-state index contributed by atoms with van der Waals surface area (Å²) in [4.78, 5) is 28.9. The predicted molar refractivity (Wildman–Crippen MR) is 94.5 cm³/mol. The van der Waals surface area contributed by atoms with E-state index in [1.54, 1.807) is 23.7 Å². The Hall–Kier alpha value is -3.22. The minimum atomic E-state index is -0.973. The number of benzene rings is 1. The molecule has 2 heterocycles. The summed E-state index contributed by atoms with van der Waals surface area (Å²) in [6, 6.07) is 9.09. The van der Waals surface area contributed by atoms with Crippen LogP contribution in [-0.2, 0) is 9.53 Å². The van der Waals surface area contributed by atoms with Gasteiger partial charge in [0.25, 0.3) is 5.91 Å². The van der Waals surface area contributed by atoms with Crippen LogP contribution in [0.2, 0.25) is 0 Å². The van der Waals surface area contributed by atoms with Gasteiger partial charge in [0, 0.05) is 18.1 Å². The van der Waals surface area contributed by atoms with Crippen molar-refractivity contribution in [2.75, 3.05) is 5.32 Å². The molecule has 0 aliphatic carbocycles. The van der Waals surface area contributed by atoms with Crippen molar-refractivity contribution >= 4 is 23.2 Å². The summed E-state index contributed by atoms with van der Waals surface area (Å²) in [6.45, 7) is 3.66. The fourth-order valence-corrected chi connectivity index (χ4v) is 2.45. The molecule has 1 aromatic carbocycles. The van der Waals surface area contributed by atoms with Gasteiger partial charge in [-0.3, -0.25) is 4.79 Å². The lowest BCUT2D eigenvalue weighted by molar-refractivity contribution is -0.124. The molecular formula is C19H18FN3O3. The monoisotopic (exact) mass is 355 g/mol. The molecule has 0 bridgehead atoms. The number of hydrogen-bond donors (Lipinski definition) is 1. The van der Waals surface area contributed by atoms with Gasteiger partial charge in [0.05, 0.1) is 0 Å². The first kappa shape index (κ1) is 17.6. The summed E-state index contributed by atoms with van der Waals surface area (Å²) in [5.41, 5.74) is 2.20. The van der Waals surface area contributed by atoms with Crippen molar-refractivity contribution in [1.29, 1.82) is 0 Å². The third-order valence-corrected chi connectivity index (χ3v) is 3.85. The van der Waals surface area contributed by atoms with Crippen LogP contribution < -0.4 is 5.32 Å². The number of amides is 1. The zero-order valence-corrected chi connectivity index (χ0v) is 14.4. The van der Waals surface area contributed by atoms with Crippen molar-refractivity contribution in [2.45, 2.75) is 26.4 Å². The average Bonchev–Trinajstić information content (AvgIpc) is 3.04. The third kappa shape index (κ3) is 3.88. The quantitative estimate of drug-likeness (QED) is 0.713. The van der Waals surface area contributed by atoms with Gasteiger partial charge in [-0.05, 0) is 55.3 Å². The molecular weight excluding hydrogens is 337 g/mol. The summed E-state index contributed by atoms with van der Waals surface area (Å²) >= 11 is 0. The highest BCUT2D eigenvalue weighted by Crippen LogP contribution is 2.13. The van der Waals surface area contributed by atoms with Gasteiger partial charge in [0.15, 0.2) is 11.8 Å². The molecule has 2 aromatic heterocycles. The van der Waals surface area contributed by atoms with E-state index in [0.717, 1.165) is 5.56 Å². The SMILES string of the molecule is CC[C@@H](OC(=O)c1cn2ccc(C)cc2n1)C(=O)Nc1ccc(F)cc1. The maximum absolute atomic E-state index is 12.9. The fraction of sp³-hybridized carbons (Fsp3) is 0.211. The second-order valence-corrected chi connectivity index (χ2v) is 5.89. The molecule has 0 saturated heterocycles. The number of ether oxygens (including phenoxy) is 1. The number of hydrogen-bond acceptors (Lipinski definition) is 4. The number of halogens is 1. The molecule has 3 aromatic rings. The smallest absolute Gasteiger partial charge is 0.359 e. The zero-order chi connectivity index (χ0) is 18.7. The number of esters is 1. The minimum absolute atomic E-state index is 0.128. The first-order chi connectivity index (χ1) is 12.5. The van der Waals surface area contributed by atoms with Gasteiger partial charge in [-0.15, -0.1) is 0 Å². The standard InChI is InChI=1S/C19H18FN3O3/c1-3-16(18(24)21-14-6-4-13(20)5-7-14)26-19(25)15-11-23-9-8-12(2)10-17(23)22-15/h4-11,16H,3H2,1-2H3,(H,21,24)/t16-/m1/s1. The van der Waals surface area contributed by atoms with Crippen LogP contribution in [0.5, 0.6) is 0 Å². The highest BCUT2D eigenvalue weighted by molar-refractivity contribution is 5.97. The van der Waals surface area contributed by atoms with Crippen molar-refractivity contribution in [3.63, 3.8) is 0 Å². The number of pyridine rings is 1. The molecule has 0 aliphatic heterocycles. The van der Waals surface area contributed by atoms with Gasteiger partial charge in [0.2, 0.25) is 0 Å². The molecule has 0 radical (unpaired) electrons. The largest absolute Gasteiger partial charge is 0.447 e. The number of fused-ring (bicyclic) bond motifs is 1. The van der Waals surface area contributed by atoms with Crippen molar-refractivity contribution in [3.05, 3.63) is 65.9 Å². The van der Waals surface area contributed by atoms with Gasteiger partial charge in [-0.1, -0.05) is 6.92 Å². The van der Waals surface area contributed by atoms with Gasteiger partial charge in [0.1, 0.15) is 11.5 Å². The minimum Gasteiger partial charge on any atom is -0.447 e. The van der Waals surface area contributed by atoms with E-state index >= 15 is 0 Å². The van der Waals surface area contributed by atoms with Gasteiger partial charge >= 0.3 is 5.97 Å². The average molecular weight is 355 g/mol. The number of aromatic nitrogens is 2. The molecule has 26 heavy (non-hydrogen) atoms. The molecule has 1 N–H and O–H groups in total. The Morgan fingerprint density at radius 3 is 2.69 bits per heavy atom. The highest BCUT2D eigenvalue weighted by Gasteiger charge is 2.23. The molecule has 1 amide bonds. The van der Waals surface area contributed by atoms with Crippen LogP contribution in [0.3, 0.4) is 0 Å². The van der Waals surface area contributed by atoms with Crippen LogP contribution in [0.15, 0.2) is 48.8 Å². The molecule has 0 unspecified atom stereocenters. The van der Waals surface area contributed by atoms with Crippen LogP contribution in [0.4, 0.5) is 10.1 Å². The summed E-state index contributed by atoms with van der Waals surface area (Å²) in [6.07, 6.45) is 2.68.